The molecule has 0 spiro atoms. The van der Waals surface area contributed by atoms with Crippen LogP contribution in [0.4, 0.5) is 13.2 Å². The zero-order valence-corrected chi connectivity index (χ0v) is 22.2. The second-order valence-electron chi connectivity index (χ2n) is 9.85. The van der Waals surface area contributed by atoms with Gasteiger partial charge in [0.2, 0.25) is 5.91 Å². The summed E-state index contributed by atoms with van der Waals surface area (Å²) in [6.07, 6.45) is -0.818. The van der Waals surface area contributed by atoms with Crippen molar-refractivity contribution in [3.63, 3.8) is 0 Å². The molecule has 10 heteroatoms. The number of carbonyl (C=O) groups excluding carboxylic acids is 2. The number of rotatable bonds is 10. The molecule has 1 amide bonds. The Hall–Kier alpha value is -3.14. The van der Waals surface area contributed by atoms with Gasteiger partial charge >= 0.3 is 12.1 Å². The Morgan fingerprint density at radius 3 is 2.34 bits per heavy atom. The highest BCUT2D eigenvalue weighted by Gasteiger charge is 2.42. The number of methoxy groups -OCH3 is 1. The summed E-state index contributed by atoms with van der Waals surface area (Å²) in [5, 5.41) is 2.87. The van der Waals surface area contributed by atoms with Gasteiger partial charge in [0.1, 0.15) is 6.04 Å². The molecule has 7 nitrogen and oxygen atoms in total. The van der Waals surface area contributed by atoms with E-state index in [2.05, 4.69) is 5.32 Å². The lowest BCUT2D eigenvalue weighted by molar-refractivity contribution is -0.149. The van der Waals surface area contributed by atoms with Gasteiger partial charge in [-0.15, -0.1) is 0 Å². The predicted molar refractivity (Wildman–Crippen MR) is 137 cm³/mol. The van der Waals surface area contributed by atoms with Crippen LogP contribution in [0.15, 0.2) is 35.1 Å². The van der Waals surface area contributed by atoms with Gasteiger partial charge in [0.25, 0.3) is 5.56 Å². The number of aromatic nitrogens is 1. The number of aryl methyl sites for hydroxylation is 1. The van der Waals surface area contributed by atoms with Crippen molar-refractivity contribution in [1.82, 2.24) is 9.88 Å². The third-order valence-corrected chi connectivity index (χ3v) is 7.36. The minimum Gasteiger partial charge on any atom is -0.464 e. The van der Waals surface area contributed by atoms with E-state index in [4.69, 9.17) is 9.47 Å². The number of hydrogen-bond donors (Lipinski definition) is 1. The van der Waals surface area contributed by atoms with E-state index in [1.54, 1.807) is 26.2 Å². The van der Waals surface area contributed by atoms with Gasteiger partial charge in [-0.25, -0.2) is 4.79 Å². The van der Waals surface area contributed by atoms with E-state index in [1.165, 1.54) is 30.7 Å². The van der Waals surface area contributed by atoms with E-state index in [0.29, 0.717) is 31.4 Å². The van der Waals surface area contributed by atoms with Crippen LogP contribution >= 0.6 is 0 Å². The smallest absolute Gasteiger partial charge is 0.417 e. The largest absolute Gasteiger partial charge is 0.464 e. The lowest BCUT2D eigenvalue weighted by Crippen LogP contribution is -2.49. The number of amides is 1. The Labute approximate surface area is 220 Å². The summed E-state index contributed by atoms with van der Waals surface area (Å²) in [4.78, 5) is 38.9. The van der Waals surface area contributed by atoms with E-state index in [1.807, 2.05) is 0 Å². The van der Waals surface area contributed by atoms with Crippen molar-refractivity contribution in [1.29, 1.82) is 0 Å². The summed E-state index contributed by atoms with van der Waals surface area (Å²) in [5.74, 6) is -0.809. The molecule has 2 aromatic rings. The van der Waals surface area contributed by atoms with Crippen molar-refractivity contribution in [3.05, 3.63) is 57.5 Å². The van der Waals surface area contributed by atoms with Gasteiger partial charge in [0, 0.05) is 32.9 Å². The molecule has 0 unspecified atom stereocenters. The maximum absolute atomic E-state index is 13.7. The summed E-state index contributed by atoms with van der Waals surface area (Å²) in [6, 6.07) is 5.97. The molecule has 1 atom stereocenters. The van der Waals surface area contributed by atoms with Crippen LogP contribution in [-0.4, -0.2) is 42.8 Å². The van der Waals surface area contributed by atoms with E-state index in [0.717, 1.165) is 18.9 Å². The van der Waals surface area contributed by atoms with Crippen LogP contribution < -0.4 is 10.9 Å². The Kier molecular flexibility index (Phi) is 9.40. The SMILES string of the molecule is CCOC(=O)[C@H](Cc1ccc(-c2c(C(F)(F)F)cc(C)n(C)c2=O)cc1)NC(=O)C1(CCOC)CCCC1. The molecule has 1 fully saturated rings. The number of carbonyl (C=O) groups is 2. The fourth-order valence-electron chi connectivity index (χ4n) is 5.05. The second kappa shape index (κ2) is 12.1. The molecule has 1 aromatic heterocycles. The summed E-state index contributed by atoms with van der Waals surface area (Å²) in [5.41, 5.74) is -1.88. The molecule has 208 valence electrons. The topological polar surface area (TPSA) is 86.6 Å². The molecule has 38 heavy (non-hydrogen) atoms. The Morgan fingerprint density at radius 1 is 1.16 bits per heavy atom. The molecule has 1 N–H and O–H groups in total. The quantitative estimate of drug-likeness (QED) is 0.450. The van der Waals surface area contributed by atoms with Crippen LogP contribution in [-0.2, 0) is 38.7 Å². The van der Waals surface area contributed by atoms with Crippen molar-refractivity contribution < 1.29 is 32.2 Å². The number of ether oxygens (including phenoxy) is 2. The van der Waals surface area contributed by atoms with Gasteiger partial charge in [-0.2, -0.15) is 13.2 Å². The molecule has 3 rings (SSSR count). The molecular weight excluding hydrogens is 501 g/mol. The van der Waals surface area contributed by atoms with Crippen LogP contribution in [0, 0.1) is 12.3 Å². The maximum atomic E-state index is 13.7. The zero-order valence-electron chi connectivity index (χ0n) is 22.2. The summed E-state index contributed by atoms with van der Waals surface area (Å²) < 4.78 is 52.8. The summed E-state index contributed by atoms with van der Waals surface area (Å²) in [6.45, 7) is 3.68. The molecule has 1 heterocycles. The molecule has 1 aliphatic carbocycles. The van der Waals surface area contributed by atoms with Gasteiger partial charge in [-0.3, -0.25) is 9.59 Å². The van der Waals surface area contributed by atoms with Crippen LogP contribution in [0.1, 0.15) is 55.8 Å². The lowest BCUT2D eigenvalue weighted by atomic mass is 9.81. The molecule has 1 aliphatic rings. The Balaban J connectivity index is 1.89. The molecule has 0 aliphatic heterocycles. The summed E-state index contributed by atoms with van der Waals surface area (Å²) >= 11 is 0. The standard InChI is InChI=1S/C28H35F3N2O5/c1-5-38-25(35)22(32-26(36)27(14-15-37-4)12-6-7-13-27)17-19-8-10-20(11-9-19)23-21(28(29,30)31)16-18(2)33(3)24(23)34/h8-11,16,22H,5-7,12-15,17H2,1-4H3,(H,32,36)/t22-/m0/s1. The average Bonchev–Trinajstić information content (AvgIpc) is 3.36. The van der Waals surface area contributed by atoms with Gasteiger partial charge in [-0.1, -0.05) is 37.1 Å². The number of benzene rings is 1. The number of hydrogen-bond acceptors (Lipinski definition) is 5. The number of nitrogens with zero attached hydrogens (tertiary/aromatic N) is 1. The average molecular weight is 537 g/mol. The molecule has 0 bridgehead atoms. The first-order chi connectivity index (χ1) is 17.9. The molecule has 0 saturated heterocycles. The fraction of sp³-hybridized carbons (Fsp3) is 0.536. The zero-order chi connectivity index (χ0) is 28.1. The minimum absolute atomic E-state index is 0.0866. The van der Waals surface area contributed by atoms with E-state index in [-0.39, 0.29) is 30.2 Å². The third-order valence-electron chi connectivity index (χ3n) is 7.36. The number of nitrogens with one attached hydrogen (secondary N) is 1. The first kappa shape index (κ1) is 29.4. The highest BCUT2D eigenvalue weighted by atomic mass is 19.4. The lowest BCUT2D eigenvalue weighted by Gasteiger charge is -2.29. The number of alkyl halides is 3. The van der Waals surface area contributed by atoms with Crippen LogP contribution in [0.5, 0.6) is 0 Å². The highest BCUT2D eigenvalue weighted by molar-refractivity contribution is 5.88. The third kappa shape index (κ3) is 6.46. The number of esters is 1. The van der Waals surface area contributed by atoms with E-state index >= 15 is 0 Å². The van der Waals surface area contributed by atoms with Crippen LogP contribution in [0.2, 0.25) is 0 Å². The van der Waals surface area contributed by atoms with E-state index in [9.17, 15) is 27.6 Å². The van der Waals surface area contributed by atoms with Crippen molar-refractivity contribution >= 4 is 11.9 Å². The number of halogens is 3. The normalized spacial score (nSPS) is 15.8. The molecule has 1 aromatic carbocycles. The van der Waals surface area contributed by atoms with Gasteiger partial charge in [0.05, 0.1) is 23.1 Å². The molecular formula is C28H35F3N2O5. The monoisotopic (exact) mass is 536 g/mol. The van der Waals surface area contributed by atoms with Gasteiger partial charge in [0.15, 0.2) is 0 Å². The Bertz CT molecular complexity index is 1200. The van der Waals surface area contributed by atoms with Crippen molar-refractivity contribution in [2.75, 3.05) is 20.3 Å². The first-order valence-electron chi connectivity index (χ1n) is 12.8. The van der Waals surface area contributed by atoms with E-state index < -0.39 is 40.3 Å². The maximum Gasteiger partial charge on any atom is 0.417 e. The molecule has 0 radical (unpaired) electrons. The highest BCUT2D eigenvalue weighted by Crippen LogP contribution is 2.41. The fourth-order valence-corrected chi connectivity index (χ4v) is 5.05. The second-order valence-corrected chi connectivity index (χ2v) is 9.85. The predicted octanol–water partition coefficient (Wildman–Crippen LogP) is 4.57. The van der Waals surface area contributed by atoms with Crippen molar-refractivity contribution in [2.45, 2.75) is 64.6 Å². The minimum atomic E-state index is -4.70. The van der Waals surface area contributed by atoms with Crippen LogP contribution in [0.25, 0.3) is 11.1 Å². The van der Waals surface area contributed by atoms with Crippen LogP contribution in [0.3, 0.4) is 0 Å². The first-order valence-corrected chi connectivity index (χ1v) is 12.8. The summed E-state index contributed by atoms with van der Waals surface area (Å²) in [7, 11) is 3.00. The van der Waals surface area contributed by atoms with Gasteiger partial charge < -0.3 is 19.4 Å². The van der Waals surface area contributed by atoms with Gasteiger partial charge in [-0.05, 0) is 50.3 Å². The Morgan fingerprint density at radius 2 is 1.79 bits per heavy atom. The van der Waals surface area contributed by atoms with Crippen molar-refractivity contribution in [2.24, 2.45) is 12.5 Å². The molecule has 1 saturated carbocycles. The van der Waals surface area contributed by atoms with Crippen molar-refractivity contribution in [3.8, 4) is 11.1 Å². The number of pyridine rings is 1.